The number of allylic oxidation sites excluding steroid dienone is 2. The SMILES string of the molecule is CC[C@H](C(=O)O)N1C(=O)/C(=C/C(C)=C/c2ccccc2)SC1=S. The maximum absolute atomic E-state index is 12.5. The van der Waals surface area contributed by atoms with Crippen LogP contribution in [-0.2, 0) is 9.59 Å². The van der Waals surface area contributed by atoms with E-state index in [0.29, 0.717) is 15.6 Å². The van der Waals surface area contributed by atoms with Gasteiger partial charge in [-0.25, -0.2) is 4.79 Å². The number of hydrogen-bond acceptors (Lipinski definition) is 4. The van der Waals surface area contributed by atoms with E-state index in [2.05, 4.69) is 0 Å². The highest BCUT2D eigenvalue weighted by Gasteiger charge is 2.39. The minimum atomic E-state index is -1.04. The standard InChI is InChI=1S/C17H17NO3S2/c1-3-13(16(20)21)18-15(19)14(23-17(18)22)10-11(2)9-12-7-5-4-6-8-12/h4-10,13H,3H2,1-2H3,(H,20,21)/b11-9+,14-10-/t13-/m1/s1. The van der Waals surface area contributed by atoms with Gasteiger partial charge < -0.3 is 5.11 Å². The molecular formula is C17H17NO3S2. The van der Waals surface area contributed by atoms with Crippen molar-refractivity contribution in [3.05, 3.63) is 52.4 Å². The van der Waals surface area contributed by atoms with Crippen molar-refractivity contribution in [1.29, 1.82) is 0 Å². The molecule has 1 heterocycles. The first-order valence-corrected chi connectivity index (χ1v) is 8.39. The lowest BCUT2D eigenvalue weighted by Crippen LogP contribution is -2.43. The van der Waals surface area contributed by atoms with Gasteiger partial charge in [0.1, 0.15) is 10.4 Å². The third kappa shape index (κ3) is 4.09. The Kier molecular flexibility index (Phi) is 5.74. The summed E-state index contributed by atoms with van der Waals surface area (Å²) >= 11 is 6.33. The Morgan fingerprint density at radius 1 is 1.39 bits per heavy atom. The smallest absolute Gasteiger partial charge is 0.326 e. The first-order valence-electron chi connectivity index (χ1n) is 7.17. The van der Waals surface area contributed by atoms with E-state index >= 15 is 0 Å². The van der Waals surface area contributed by atoms with Gasteiger partial charge in [-0.2, -0.15) is 0 Å². The van der Waals surface area contributed by atoms with Gasteiger partial charge in [-0.1, -0.05) is 67.3 Å². The lowest BCUT2D eigenvalue weighted by Gasteiger charge is -2.21. The molecule has 1 aromatic rings. The van der Waals surface area contributed by atoms with Crippen LogP contribution in [0.2, 0.25) is 0 Å². The van der Waals surface area contributed by atoms with Crippen molar-refractivity contribution in [3.63, 3.8) is 0 Å². The zero-order chi connectivity index (χ0) is 17.0. The van der Waals surface area contributed by atoms with Crippen LogP contribution >= 0.6 is 24.0 Å². The summed E-state index contributed by atoms with van der Waals surface area (Å²) in [5.41, 5.74) is 1.94. The number of carbonyl (C=O) groups excluding carboxylic acids is 1. The lowest BCUT2D eigenvalue weighted by atomic mass is 10.1. The van der Waals surface area contributed by atoms with E-state index in [1.54, 1.807) is 13.0 Å². The molecule has 2 rings (SSSR count). The highest BCUT2D eigenvalue weighted by Crippen LogP contribution is 2.34. The molecule has 1 atom stereocenters. The number of carboxylic acid groups (broad SMARTS) is 1. The number of thiocarbonyl (C=S) groups is 1. The Labute approximate surface area is 144 Å². The zero-order valence-electron chi connectivity index (χ0n) is 12.9. The van der Waals surface area contributed by atoms with Crippen molar-refractivity contribution in [1.82, 2.24) is 4.90 Å². The Morgan fingerprint density at radius 3 is 2.61 bits per heavy atom. The molecular weight excluding hydrogens is 330 g/mol. The highest BCUT2D eigenvalue weighted by atomic mass is 32.2. The van der Waals surface area contributed by atoms with Gasteiger partial charge in [0.15, 0.2) is 0 Å². The minimum Gasteiger partial charge on any atom is -0.480 e. The second-order valence-corrected chi connectivity index (χ2v) is 6.79. The number of amides is 1. The van der Waals surface area contributed by atoms with E-state index in [4.69, 9.17) is 12.2 Å². The van der Waals surface area contributed by atoms with Gasteiger partial charge in [0.05, 0.1) is 4.91 Å². The van der Waals surface area contributed by atoms with E-state index in [-0.39, 0.29) is 5.91 Å². The number of thioether (sulfide) groups is 1. The van der Waals surface area contributed by atoms with Crippen molar-refractivity contribution >= 4 is 46.3 Å². The second kappa shape index (κ2) is 7.57. The highest BCUT2D eigenvalue weighted by molar-refractivity contribution is 8.26. The molecule has 23 heavy (non-hydrogen) atoms. The van der Waals surface area contributed by atoms with Crippen molar-refractivity contribution in [2.24, 2.45) is 0 Å². The molecule has 0 bridgehead atoms. The van der Waals surface area contributed by atoms with Crippen LogP contribution in [-0.4, -0.2) is 32.2 Å². The predicted octanol–water partition coefficient (Wildman–Crippen LogP) is 3.70. The maximum Gasteiger partial charge on any atom is 0.326 e. The molecule has 1 fully saturated rings. The third-order valence-corrected chi connectivity index (χ3v) is 4.69. The van der Waals surface area contributed by atoms with Crippen LogP contribution in [0.3, 0.4) is 0 Å². The summed E-state index contributed by atoms with van der Waals surface area (Å²) in [6, 6.07) is 8.86. The summed E-state index contributed by atoms with van der Waals surface area (Å²) < 4.78 is 0.294. The number of carboxylic acids is 1. The van der Waals surface area contributed by atoms with Crippen LogP contribution in [0.25, 0.3) is 6.08 Å². The van der Waals surface area contributed by atoms with Crippen molar-refractivity contribution in [2.45, 2.75) is 26.3 Å². The molecule has 0 saturated carbocycles. The first kappa shape index (κ1) is 17.4. The average Bonchev–Trinajstić information content (AvgIpc) is 2.76. The van der Waals surface area contributed by atoms with Gasteiger partial charge in [-0.3, -0.25) is 9.69 Å². The van der Waals surface area contributed by atoms with Crippen LogP contribution in [0.15, 0.2) is 46.9 Å². The summed E-state index contributed by atoms with van der Waals surface area (Å²) in [6.07, 6.45) is 4.02. The summed E-state index contributed by atoms with van der Waals surface area (Å²) in [5.74, 6) is -1.38. The van der Waals surface area contributed by atoms with Crippen LogP contribution in [0.4, 0.5) is 0 Å². The van der Waals surface area contributed by atoms with E-state index < -0.39 is 12.0 Å². The molecule has 0 aromatic heterocycles. The van der Waals surface area contributed by atoms with Crippen LogP contribution in [0, 0.1) is 0 Å². The number of benzene rings is 1. The average molecular weight is 347 g/mol. The number of rotatable bonds is 5. The molecule has 1 N–H and O–H groups in total. The van der Waals surface area contributed by atoms with Gasteiger partial charge in [0.25, 0.3) is 5.91 Å². The van der Waals surface area contributed by atoms with E-state index in [9.17, 15) is 14.7 Å². The largest absolute Gasteiger partial charge is 0.480 e. The lowest BCUT2D eigenvalue weighted by molar-refractivity contribution is -0.145. The molecule has 0 radical (unpaired) electrons. The molecule has 0 unspecified atom stereocenters. The predicted molar refractivity (Wildman–Crippen MR) is 96.9 cm³/mol. The van der Waals surface area contributed by atoms with E-state index in [0.717, 1.165) is 22.9 Å². The molecule has 1 aromatic carbocycles. The first-order chi connectivity index (χ1) is 10.9. The van der Waals surface area contributed by atoms with Gasteiger partial charge in [-0.05, 0) is 30.6 Å². The minimum absolute atomic E-state index is 0.294. The molecule has 120 valence electrons. The second-order valence-electron chi connectivity index (χ2n) is 5.11. The summed E-state index contributed by atoms with van der Waals surface area (Å²) in [5, 5.41) is 9.24. The summed E-state index contributed by atoms with van der Waals surface area (Å²) in [7, 11) is 0. The molecule has 1 aliphatic rings. The molecule has 1 aliphatic heterocycles. The topological polar surface area (TPSA) is 57.6 Å². The fourth-order valence-corrected chi connectivity index (χ4v) is 3.68. The van der Waals surface area contributed by atoms with Crippen LogP contribution in [0.1, 0.15) is 25.8 Å². The quantitative estimate of drug-likeness (QED) is 0.650. The zero-order valence-corrected chi connectivity index (χ0v) is 14.5. The normalized spacial score (nSPS) is 18.6. The van der Waals surface area contributed by atoms with Crippen molar-refractivity contribution < 1.29 is 14.7 Å². The molecule has 6 heteroatoms. The van der Waals surface area contributed by atoms with E-state index in [1.165, 1.54) is 4.90 Å². The Bertz CT molecular complexity index is 695. The fraction of sp³-hybridized carbons (Fsp3) is 0.235. The van der Waals surface area contributed by atoms with Crippen molar-refractivity contribution in [2.75, 3.05) is 0 Å². The number of hydrogen-bond donors (Lipinski definition) is 1. The van der Waals surface area contributed by atoms with Crippen LogP contribution in [0.5, 0.6) is 0 Å². The van der Waals surface area contributed by atoms with Gasteiger partial charge in [0, 0.05) is 0 Å². The monoisotopic (exact) mass is 347 g/mol. The maximum atomic E-state index is 12.5. The summed E-state index contributed by atoms with van der Waals surface area (Å²) in [4.78, 5) is 25.4. The molecule has 1 saturated heterocycles. The van der Waals surface area contributed by atoms with Gasteiger partial charge in [-0.15, -0.1) is 0 Å². The Hall–Kier alpha value is -1.92. The number of nitrogens with zero attached hydrogens (tertiary/aromatic N) is 1. The molecule has 4 nitrogen and oxygen atoms in total. The summed E-state index contributed by atoms with van der Waals surface area (Å²) in [6.45, 7) is 3.62. The Morgan fingerprint density at radius 2 is 2.04 bits per heavy atom. The van der Waals surface area contributed by atoms with Gasteiger partial charge in [0.2, 0.25) is 0 Å². The third-order valence-electron chi connectivity index (χ3n) is 3.36. The van der Waals surface area contributed by atoms with E-state index in [1.807, 2.05) is 43.3 Å². The number of carbonyl (C=O) groups is 2. The van der Waals surface area contributed by atoms with Gasteiger partial charge >= 0.3 is 5.97 Å². The Balaban J connectivity index is 2.25. The molecule has 0 spiro atoms. The fourth-order valence-electron chi connectivity index (χ4n) is 2.28. The number of aliphatic carboxylic acids is 1. The van der Waals surface area contributed by atoms with Crippen molar-refractivity contribution in [3.8, 4) is 0 Å². The van der Waals surface area contributed by atoms with Crippen LogP contribution < -0.4 is 0 Å². The molecule has 1 amide bonds. The molecule has 0 aliphatic carbocycles.